The molecule has 0 saturated carbocycles. The van der Waals surface area contributed by atoms with Crippen molar-refractivity contribution in [1.29, 1.82) is 0 Å². The Morgan fingerprint density at radius 3 is 2.53 bits per heavy atom. The van der Waals surface area contributed by atoms with Crippen LogP contribution in [0, 0.1) is 0 Å². The molecule has 1 aliphatic rings. The molecule has 1 aromatic heterocycles. The van der Waals surface area contributed by atoms with E-state index in [9.17, 15) is 0 Å². The normalized spacial score (nSPS) is 16.1. The van der Waals surface area contributed by atoms with Gasteiger partial charge in [-0.3, -0.25) is 5.01 Å². The number of aryl methyl sites for hydroxylation is 1. The van der Waals surface area contributed by atoms with E-state index in [1.165, 1.54) is 21.8 Å². The Bertz CT molecular complexity index is 1260. The number of anilines is 1. The molecule has 0 spiro atoms. The molecular formula is C27H25N3. The Morgan fingerprint density at radius 2 is 1.73 bits per heavy atom. The van der Waals surface area contributed by atoms with Gasteiger partial charge in [-0.05, 0) is 49.2 Å². The molecule has 3 nitrogen and oxygen atoms in total. The third-order valence-corrected chi connectivity index (χ3v) is 5.74. The van der Waals surface area contributed by atoms with Gasteiger partial charge in [0.15, 0.2) is 0 Å². The van der Waals surface area contributed by atoms with E-state index in [1.807, 2.05) is 12.3 Å². The lowest BCUT2D eigenvalue weighted by Crippen LogP contribution is -2.29. The zero-order valence-electron chi connectivity index (χ0n) is 17.1. The first-order valence-corrected chi connectivity index (χ1v) is 10.6. The minimum absolute atomic E-state index is 0.222. The van der Waals surface area contributed by atoms with Gasteiger partial charge in [-0.25, -0.2) is 0 Å². The first-order chi connectivity index (χ1) is 14.8. The third-order valence-electron chi connectivity index (χ3n) is 5.74. The van der Waals surface area contributed by atoms with Gasteiger partial charge in [-0.1, -0.05) is 66.8 Å². The Hall–Kier alpha value is -3.59. The number of nitrogens with zero attached hydrogens (tertiary/aromatic N) is 3. The second-order valence-electron chi connectivity index (χ2n) is 7.58. The molecule has 0 aliphatic heterocycles. The highest BCUT2D eigenvalue weighted by Gasteiger charge is 2.16. The number of allylic oxidation sites excluding steroid dienone is 2. The van der Waals surface area contributed by atoms with Gasteiger partial charge in [-0.2, -0.15) is 5.10 Å². The number of hydrogen-bond acceptors (Lipinski definition) is 2. The summed E-state index contributed by atoms with van der Waals surface area (Å²) >= 11 is 0. The number of fused-ring (bicyclic) bond motifs is 3. The van der Waals surface area contributed by atoms with Crippen molar-refractivity contribution in [3.05, 3.63) is 103 Å². The smallest absolute Gasteiger partial charge is 0.0743 e. The van der Waals surface area contributed by atoms with Crippen molar-refractivity contribution in [3.63, 3.8) is 0 Å². The van der Waals surface area contributed by atoms with Crippen molar-refractivity contribution in [3.8, 4) is 0 Å². The van der Waals surface area contributed by atoms with Gasteiger partial charge < -0.3 is 4.57 Å². The van der Waals surface area contributed by atoms with E-state index in [4.69, 9.17) is 5.10 Å². The number of hydrazone groups is 1. The summed E-state index contributed by atoms with van der Waals surface area (Å²) in [6.45, 7) is 3.16. The van der Waals surface area contributed by atoms with Crippen molar-refractivity contribution in [2.75, 3.05) is 5.01 Å². The summed E-state index contributed by atoms with van der Waals surface area (Å²) in [5.74, 6) is 0. The third kappa shape index (κ3) is 3.33. The fraction of sp³-hybridized carbons (Fsp3) is 0.148. The van der Waals surface area contributed by atoms with E-state index in [0.29, 0.717) is 0 Å². The minimum Gasteiger partial charge on any atom is -0.341 e. The molecule has 0 N–H and O–H groups in total. The van der Waals surface area contributed by atoms with Crippen LogP contribution in [0.2, 0.25) is 0 Å². The lowest BCUT2D eigenvalue weighted by atomic mass is 10.1. The quantitative estimate of drug-likeness (QED) is 0.279. The molecule has 0 radical (unpaired) electrons. The van der Waals surface area contributed by atoms with Crippen LogP contribution < -0.4 is 5.01 Å². The highest BCUT2D eigenvalue weighted by Crippen LogP contribution is 2.29. The highest BCUT2D eigenvalue weighted by atomic mass is 15.5. The Labute approximate surface area is 177 Å². The summed E-state index contributed by atoms with van der Waals surface area (Å²) in [7, 11) is 0. The maximum atomic E-state index is 4.92. The monoisotopic (exact) mass is 391 g/mol. The van der Waals surface area contributed by atoms with Crippen LogP contribution in [-0.2, 0) is 6.54 Å². The minimum atomic E-state index is 0.222. The van der Waals surface area contributed by atoms with E-state index >= 15 is 0 Å². The fourth-order valence-corrected chi connectivity index (χ4v) is 4.29. The van der Waals surface area contributed by atoms with E-state index in [-0.39, 0.29) is 6.04 Å². The fourth-order valence-electron chi connectivity index (χ4n) is 4.29. The van der Waals surface area contributed by atoms with E-state index in [1.54, 1.807) is 0 Å². The lowest BCUT2D eigenvalue weighted by molar-refractivity contribution is 0.717. The van der Waals surface area contributed by atoms with Crippen LogP contribution in [0.3, 0.4) is 0 Å². The van der Waals surface area contributed by atoms with Crippen LogP contribution in [0.1, 0.15) is 18.9 Å². The summed E-state index contributed by atoms with van der Waals surface area (Å²) < 4.78 is 2.38. The molecule has 148 valence electrons. The van der Waals surface area contributed by atoms with Gasteiger partial charge in [0.05, 0.1) is 17.9 Å². The number of rotatable bonds is 5. The Morgan fingerprint density at radius 1 is 0.933 bits per heavy atom. The highest BCUT2D eigenvalue weighted by molar-refractivity contribution is 6.09. The van der Waals surface area contributed by atoms with E-state index < -0.39 is 0 Å². The standard InChI is InChI=1S/C27H25N3/c1-2-29-26-16-10-9-15-24(26)25-19-21(17-18-27(25)29)20-28-30(22-11-5-3-6-12-22)23-13-7-4-8-14-23/h3-13,15-20,23H,2,14H2,1H3. The predicted octanol–water partition coefficient (Wildman–Crippen LogP) is 6.54. The Kier molecular flexibility index (Phi) is 4.94. The molecule has 5 rings (SSSR count). The van der Waals surface area contributed by atoms with Crippen LogP contribution in [-0.4, -0.2) is 16.8 Å². The lowest BCUT2D eigenvalue weighted by Gasteiger charge is -2.27. The van der Waals surface area contributed by atoms with Gasteiger partial charge in [0.25, 0.3) is 0 Å². The second-order valence-corrected chi connectivity index (χ2v) is 7.58. The summed E-state index contributed by atoms with van der Waals surface area (Å²) in [6, 6.07) is 25.9. The zero-order valence-corrected chi connectivity index (χ0v) is 17.1. The van der Waals surface area contributed by atoms with Crippen molar-refractivity contribution < 1.29 is 0 Å². The van der Waals surface area contributed by atoms with Crippen LogP contribution in [0.15, 0.2) is 102 Å². The maximum Gasteiger partial charge on any atom is 0.0743 e. The number of aromatic nitrogens is 1. The van der Waals surface area contributed by atoms with Crippen LogP contribution >= 0.6 is 0 Å². The molecule has 1 aliphatic carbocycles. The molecule has 0 saturated heterocycles. The molecule has 1 atom stereocenters. The zero-order chi connectivity index (χ0) is 20.3. The predicted molar refractivity (Wildman–Crippen MR) is 128 cm³/mol. The van der Waals surface area contributed by atoms with Gasteiger partial charge >= 0.3 is 0 Å². The molecule has 3 heteroatoms. The van der Waals surface area contributed by atoms with Crippen molar-refractivity contribution in [2.24, 2.45) is 5.10 Å². The topological polar surface area (TPSA) is 20.5 Å². The SMILES string of the molecule is CCn1c2ccccc2c2cc(C=NN(c3ccccc3)C3C=CC=CC3)ccc21. The van der Waals surface area contributed by atoms with Gasteiger partial charge in [0, 0.05) is 28.4 Å². The number of benzene rings is 3. The molecule has 1 heterocycles. The Balaban J connectivity index is 1.55. The van der Waals surface area contributed by atoms with E-state index in [0.717, 1.165) is 24.2 Å². The van der Waals surface area contributed by atoms with Gasteiger partial charge in [-0.15, -0.1) is 0 Å². The first-order valence-electron chi connectivity index (χ1n) is 10.6. The molecule has 4 aromatic rings. The van der Waals surface area contributed by atoms with Gasteiger partial charge in [0.2, 0.25) is 0 Å². The van der Waals surface area contributed by atoms with Crippen molar-refractivity contribution >= 4 is 33.7 Å². The molecule has 0 fully saturated rings. The average Bonchev–Trinajstić information content (AvgIpc) is 3.14. The molecular weight excluding hydrogens is 366 g/mol. The first kappa shape index (κ1) is 18.4. The molecule has 3 aromatic carbocycles. The maximum absolute atomic E-state index is 4.92. The largest absolute Gasteiger partial charge is 0.341 e. The summed E-state index contributed by atoms with van der Waals surface area (Å²) in [5.41, 5.74) is 4.77. The van der Waals surface area contributed by atoms with Crippen LogP contribution in [0.4, 0.5) is 5.69 Å². The summed E-state index contributed by atoms with van der Waals surface area (Å²) in [5, 5.41) is 9.61. The molecule has 0 bridgehead atoms. The van der Waals surface area contributed by atoms with Crippen molar-refractivity contribution in [1.82, 2.24) is 4.57 Å². The van der Waals surface area contributed by atoms with Crippen LogP contribution in [0.25, 0.3) is 21.8 Å². The van der Waals surface area contributed by atoms with E-state index in [2.05, 4.69) is 108 Å². The summed E-state index contributed by atoms with van der Waals surface area (Å²) in [6.07, 6.45) is 11.5. The second kappa shape index (κ2) is 8.03. The molecule has 30 heavy (non-hydrogen) atoms. The summed E-state index contributed by atoms with van der Waals surface area (Å²) in [4.78, 5) is 0. The van der Waals surface area contributed by atoms with Gasteiger partial charge in [0.1, 0.15) is 0 Å². The molecule has 1 unspecified atom stereocenters. The van der Waals surface area contributed by atoms with Crippen molar-refractivity contribution in [2.45, 2.75) is 25.9 Å². The number of para-hydroxylation sites is 2. The average molecular weight is 392 g/mol. The van der Waals surface area contributed by atoms with Crippen LogP contribution in [0.5, 0.6) is 0 Å². The number of hydrogen-bond donors (Lipinski definition) is 0. The molecule has 0 amide bonds.